The van der Waals surface area contributed by atoms with Gasteiger partial charge in [-0.15, -0.1) is 0 Å². The fraction of sp³-hybridized carbons (Fsp3) is 0.250. The minimum Gasteiger partial charge on any atom is -0.292 e. The first-order chi connectivity index (χ1) is 10.9. The molecule has 2 nitrogen and oxygen atoms in total. The zero-order valence-electron chi connectivity index (χ0n) is 12.7. The Labute approximate surface area is 132 Å². The molecule has 0 radical (unpaired) electrons. The molecule has 0 N–H and O–H groups in total. The van der Waals surface area contributed by atoms with E-state index in [-0.39, 0.29) is 0 Å². The summed E-state index contributed by atoms with van der Waals surface area (Å²) < 4.78 is 0. The number of allylic oxidation sites excluding steroid dienone is 1. The van der Waals surface area contributed by atoms with Gasteiger partial charge in [-0.25, -0.2) is 0 Å². The van der Waals surface area contributed by atoms with Crippen LogP contribution in [0.3, 0.4) is 0 Å². The van der Waals surface area contributed by atoms with Crippen molar-refractivity contribution in [1.29, 1.82) is 5.26 Å². The normalized spacial score (nSPS) is 15.5. The van der Waals surface area contributed by atoms with Gasteiger partial charge in [0, 0.05) is 19.2 Å². The Morgan fingerprint density at radius 3 is 1.82 bits per heavy atom. The quantitative estimate of drug-likeness (QED) is 0.786. The summed E-state index contributed by atoms with van der Waals surface area (Å²) in [7, 11) is 0. The van der Waals surface area contributed by atoms with Crippen molar-refractivity contribution in [3.05, 3.63) is 83.4 Å². The largest absolute Gasteiger partial charge is 0.292 e. The first-order valence-electron chi connectivity index (χ1n) is 7.80. The van der Waals surface area contributed by atoms with Gasteiger partial charge < -0.3 is 0 Å². The van der Waals surface area contributed by atoms with Gasteiger partial charge in [0.05, 0.1) is 12.1 Å². The number of nitriles is 1. The summed E-state index contributed by atoms with van der Waals surface area (Å²) >= 11 is 0. The van der Waals surface area contributed by atoms with Crippen LogP contribution < -0.4 is 0 Å². The van der Waals surface area contributed by atoms with Crippen LogP contribution >= 0.6 is 0 Å². The summed E-state index contributed by atoms with van der Waals surface area (Å²) in [6.45, 7) is 2.00. The van der Waals surface area contributed by atoms with Crippen molar-refractivity contribution < 1.29 is 0 Å². The van der Waals surface area contributed by atoms with Crippen LogP contribution in [0.4, 0.5) is 0 Å². The van der Waals surface area contributed by atoms with Gasteiger partial charge in [-0.2, -0.15) is 5.26 Å². The number of likely N-dealkylation sites (tertiary alicyclic amines) is 1. The molecule has 22 heavy (non-hydrogen) atoms. The highest BCUT2D eigenvalue weighted by Gasteiger charge is 2.24. The summed E-state index contributed by atoms with van der Waals surface area (Å²) in [6.07, 6.45) is 3.70. The number of benzene rings is 2. The SMILES string of the molecule is N#CC=C1CCN(C(c2ccccc2)c2ccccc2)CC1. The molecule has 0 spiro atoms. The number of hydrogen-bond donors (Lipinski definition) is 0. The topological polar surface area (TPSA) is 27.0 Å². The third-order valence-corrected chi connectivity index (χ3v) is 4.30. The van der Waals surface area contributed by atoms with Gasteiger partial charge in [0.2, 0.25) is 0 Å². The monoisotopic (exact) mass is 288 g/mol. The molecule has 2 aromatic rings. The maximum Gasteiger partial charge on any atom is 0.0911 e. The van der Waals surface area contributed by atoms with Crippen LogP contribution in [0, 0.1) is 11.3 Å². The van der Waals surface area contributed by atoms with Gasteiger partial charge in [-0.05, 0) is 24.0 Å². The minimum absolute atomic E-state index is 0.297. The molecule has 110 valence electrons. The molecule has 1 heterocycles. The summed E-state index contributed by atoms with van der Waals surface area (Å²) in [5, 5.41) is 8.81. The summed E-state index contributed by atoms with van der Waals surface area (Å²) in [5.41, 5.74) is 3.95. The van der Waals surface area contributed by atoms with Crippen LogP contribution in [0.1, 0.15) is 30.0 Å². The van der Waals surface area contributed by atoms with Crippen molar-refractivity contribution in [2.24, 2.45) is 0 Å². The summed E-state index contributed by atoms with van der Waals surface area (Å²) in [6, 6.07) is 23.8. The maximum atomic E-state index is 8.81. The smallest absolute Gasteiger partial charge is 0.0911 e. The van der Waals surface area contributed by atoms with Gasteiger partial charge in [0.25, 0.3) is 0 Å². The molecular formula is C20H20N2. The number of rotatable bonds is 3. The number of piperidine rings is 1. The van der Waals surface area contributed by atoms with E-state index in [1.54, 1.807) is 6.08 Å². The van der Waals surface area contributed by atoms with E-state index in [9.17, 15) is 0 Å². The van der Waals surface area contributed by atoms with Gasteiger partial charge >= 0.3 is 0 Å². The van der Waals surface area contributed by atoms with Crippen molar-refractivity contribution in [2.45, 2.75) is 18.9 Å². The molecule has 0 amide bonds. The van der Waals surface area contributed by atoms with Crippen LogP contribution in [-0.2, 0) is 0 Å². The molecule has 0 saturated carbocycles. The lowest BCUT2D eigenvalue weighted by atomic mass is 9.94. The fourth-order valence-corrected chi connectivity index (χ4v) is 3.19. The second-order valence-electron chi connectivity index (χ2n) is 5.69. The van der Waals surface area contributed by atoms with Crippen LogP contribution in [-0.4, -0.2) is 18.0 Å². The average Bonchev–Trinajstić information content (AvgIpc) is 2.59. The molecular weight excluding hydrogens is 268 g/mol. The van der Waals surface area contributed by atoms with E-state index in [1.165, 1.54) is 16.7 Å². The highest BCUT2D eigenvalue weighted by molar-refractivity contribution is 5.32. The van der Waals surface area contributed by atoms with Crippen molar-refractivity contribution in [1.82, 2.24) is 4.90 Å². The predicted molar refractivity (Wildman–Crippen MR) is 89.2 cm³/mol. The van der Waals surface area contributed by atoms with Gasteiger partial charge in [0.15, 0.2) is 0 Å². The van der Waals surface area contributed by atoms with E-state index in [4.69, 9.17) is 5.26 Å². The molecule has 1 saturated heterocycles. The fourth-order valence-electron chi connectivity index (χ4n) is 3.19. The molecule has 2 aromatic carbocycles. The van der Waals surface area contributed by atoms with E-state index >= 15 is 0 Å². The highest BCUT2D eigenvalue weighted by Crippen LogP contribution is 2.31. The van der Waals surface area contributed by atoms with Crippen LogP contribution in [0.5, 0.6) is 0 Å². The van der Waals surface area contributed by atoms with Crippen molar-refractivity contribution in [3.8, 4) is 6.07 Å². The first kappa shape index (κ1) is 14.6. The second kappa shape index (κ2) is 7.06. The number of nitrogens with zero attached hydrogens (tertiary/aromatic N) is 2. The third kappa shape index (κ3) is 3.27. The zero-order valence-corrected chi connectivity index (χ0v) is 12.7. The lowest BCUT2D eigenvalue weighted by Crippen LogP contribution is -2.35. The van der Waals surface area contributed by atoms with E-state index < -0.39 is 0 Å². The molecule has 0 aromatic heterocycles. The van der Waals surface area contributed by atoms with Crippen LogP contribution in [0.2, 0.25) is 0 Å². The molecule has 0 atom stereocenters. The molecule has 3 rings (SSSR count). The number of hydrogen-bond acceptors (Lipinski definition) is 2. The summed E-state index contributed by atoms with van der Waals surface area (Å²) in [5.74, 6) is 0. The van der Waals surface area contributed by atoms with Gasteiger partial charge in [-0.3, -0.25) is 4.90 Å². The second-order valence-corrected chi connectivity index (χ2v) is 5.69. The zero-order chi connectivity index (χ0) is 15.2. The van der Waals surface area contributed by atoms with E-state index in [0.717, 1.165) is 25.9 Å². The first-order valence-corrected chi connectivity index (χ1v) is 7.80. The van der Waals surface area contributed by atoms with Crippen molar-refractivity contribution in [2.75, 3.05) is 13.1 Å². The Balaban J connectivity index is 1.88. The Morgan fingerprint density at radius 2 is 1.36 bits per heavy atom. The molecule has 0 bridgehead atoms. The standard InChI is InChI=1S/C20H20N2/c21-14-11-17-12-15-22(16-13-17)20(18-7-3-1-4-8-18)19-9-5-2-6-10-19/h1-11,20H,12-13,15-16H2. The van der Waals surface area contributed by atoms with Gasteiger partial charge in [-0.1, -0.05) is 66.2 Å². The molecule has 1 aliphatic rings. The Morgan fingerprint density at radius 1 is 0.864 bits per heavy atom. The lowest BCUT2D eigenvalue weighted by Gasteiger charge is -2.36. The maximum absolute atomic E-state index is 8.81. The third-order valence-electron chi connectivity index (χ3n) is 4.30. The molecule has 1 aliphatic heterocycles. The van der Waals surface area contributed by atoms with E-state index in [0.29, 0.717) is 6.04 Å². The van der Waals surface area contributed by atoms with E-state index in [1.807, 2.05) is 0 Å². The summed E-state index contributed by atoms with van der Waals surface area (Å²) in [4.78, 5) is 2.53. The van der Waals surface area contributed by atoms with Crippen LogP contribution in [0.15, 0.2) is 72.3 Å². The van der Waals surface area contributed by atoms with Crippen molar-refractivity contribution in [3.63, 3.8) is 0 Å². The Hall–Kier alpha value is -2.37. The minimum atomic E-state index is 0.297. The van der Waals surface area contributed by atoms with Crippen molar-refractivity contribution >= 4 is 0 Å². The lowest BCUT2D eigenvalue weighted by molar-refractivity contribution is 0.210. The Bertz CT molecular complexity index is 618. The molecule has 0 unspecified atom stereocenters. The van der Waals surface area contributed by atoms with Gasteiger partial charge in [0.1, 0.15) is 0 Å². The average molecular weight is 288 g/mol. The Kier molecular flexibility index (Phi) is 4.68. The van der Waals surface area contributed by atoms with E-state index in [2.05, 4.69) is 71.6 Å². The highest BCUT2D eigenvalue weighted by atomic mass is 15.2. The molecule has 2 heteroatoms. The molecule has 1 fully saturated rings. The predicted octanol–water partition coefficient (Wildman–Crippen LogP) is 4.32. The molecule has 0 aliphatic carbocycles. The van der Waals surface area contributed by atoms with Crippen LogP contribution in [0.25, 0.3) is 0 Å².